The van der Waals surface area contributed by atoms with Crippen molar-refractivity contribution < 1.29 is 34.0 Å². The molecular formula is C26H34O7. The van der Waals surface area contributed by atoms with Crippen molar-refractivity contribution in [1.82, 2.24) is 0 Å². The van der Waals surface area contributed by atoms with Gasteiger partial charge in [0, 0.05) is 25.3 Å². The van der Waals surface area contributed by atoms with Crippen LogP contribution in [0.2, 0.25) is 0 Å². The third-order valence-corrected chi connectivity index (χ3v) is 5.16. The highest BCUT2D eigenvalue weighted by Crippen LogP contribution is 2.22. The average Bonchev–Trinajstić information content (AvgIpc) is 2.73. The van der Waals surface area contributed by atoms with Crippen molar-refractivity contribution in [3.05, 3.63) is 69.8 Å². The third-order valence-electron chi connectivity index (χ3n) is 5.16. The summed E-state index contributed by atoms with van der Waals surface area (Å²) in [4.78, 5) is 24.8. The maximum absolute atomic E-state index is 12.4. The molecule has 2 aromatic rings. The molecule has 7 heteroatoms. The Hall–Kier alpha value is -2.42. The van der Waals surface area contributed by atoms with E-state index in [1.165, 1.54) is 27.7 Å². The number of benzene rings is 2. The highest BCUT2D eigenvalue weighted by Gasteiger charge is 2.26. The molecule has 0 heterocycles. The van der Waals surface area contributed by atoms with Crippen molar-refractivity contribution in [3.63, 3.8) is 0 Å². The van der Waals surface area contributed by atoms with E-state index in [2.05, 4.69) is 0 Å². The fourth-order valence-corrected chi connectivity index (χ4v) is 3.37. The van der Waals surface area contributed by atoms with Gasteiger partial charge in [-0.05, 0) is 62.1 Å². The number of methoxy groups -OCH3 is 2. The minimum atomic E-state index is -1.46. The number of ketones is 2. The Labute approximate surface area is 195 Å². The molecule has 0 bridgehead atoms. The molecule has 0 spiro atoms. The molecule has 2 aromatic carbocycles. The maximum Gasteiger partial charge on any atom is 0.193 e. The molecule has 0 aliphatic carbocycles. The molecule has 0 fully saturated rings. The Bertz CT molecular complexity index is 902. The van der Waals surface area contributed by atoms with Crippen LogP contribution < -0.4 is 0 Å². The summed E-state index contributed by atoms with van der Waals surface area (Å²) in [5.74, 6) is -0.727. The summed E-state index contributed by atoms with van der Waals surface area (Å²) >= 11 is 0. The highest BCUT2D eigenvalue weighted by molar-refractivity contribution is 6.02. The monoisotopic (exact) mass is 458 g/mol. The van der Waals surface area contributed by atoms with Crippen molar-refractivity contribution >= 4 is 11.6 Å². The van der Waals surface area contributed by atoms with Crippen LogP contribution in [-0.4, -0.2) is 47.2 Å². The predicted octanol–water partition coefficient (Wildman–Crippen LogP) is 3.60. The quantitative estimate of drug-likeness (QED) is 0.469. The zero-order valence-corrected chi connectivity index (χ0v) is 20.2. The normalized spacial score (nSPS) is 12.1. The molecule has 0 radical (unpaired) electrons. The lowest BCUT2D eigenvalue weighted by Gasteiger charge is -2.18. The molecule has 0 saturated carbocycles. The molecular weight excluding hydrogens is 424 g/mol. The van der Waals surface area contributed by atoms with Gasteiger partial charge in [-0.3, -0.25) is 9.59 Å². The van der Waals surface area contributed by atoms with E-state index in [0.717, 1.165) is 22.3 Å². The minimum Gasteiger partial charge on any atom is -0.382 e. The first kappa shape index (κ1) is 26.8. The second-order valence-electron chi connectivity index (χ2n) is 9.10. The summed E-state index contributed by atoms with van der Waals surface area (Å²) in [7, 11) is 3.14. The van der Waals surface area contributed by atoms with E-state index in [9.17, 15) is 19.8 Å². The average molecular weight is 459 g/mol. The van der Waals surface area contributed by atoms with Gasteiger partial charge in [0.25, 0.3) is 0 Å². The first-order valence-electron chi connectivity index (χ1n) is 10.7. The number of carbonyl (C=O) groups is 2. The second kappa shape index (κ2) is 11.1. The molecule has 0 amide bonds. The lowest BCUT2D eigenvalue weighted by Crippen LogP contribution is -2.31. The number of ether oxygens (including phenoxy) is 3. The van der Waals surface area contributed by atoms with E-state index in [1.807, 2.05) is 0 Å². The van der Waals surface area contributed by atoms with Gasteiger partial charge in [0.15, 0.2) is 11.6 Å². The molecule has 0 aliphatic rings. The maximum atomic E-state index is 12.4. The van der Waals surface area contributed by atoms with Gasteiger partial charge in [-0.25, -0.2) is 0 Å². The second-order valence-corrected chi connectivity index (χ2v) is 9.10. The van der Waals surface area contributed by atoms with Crippen LogP contribution in [0.3, 0.4) is 0 Å². The molecule has 7 nitrogen and oxygen atoms in total. The fourth-order valence-electron chi connectivity index (χ4n) is 3.37. The van der Waals surface area contributed by atoms with Gasteiger partial charge in [-0.2, -0.15) is 0 Å². The van der Waals surface area contributed by atoms with Crippen LogP contribution in [0.25, 0.3) is 0 Å². The van der Waals surface area contributed by atoms with Crippen molar-refractivity contribution in [2.45, 2.75) is 65.3 Å². The minimum absolute atomic E-state index is 0.284. The first-order valence-corrected chi connectivity index (χ1v) is 10.7. The van der Waals surface area contributed by atoms with Gasteiger partial charge in [0.1, 0.15) is 11.2 Å². The Morgan fingerprint density at radius 1 is 0.667 bits per heavy atom. The molecule has 2 rings (SSSR count). The molecule has 0 saturated heterocycles. The molecule has 0 atom stereocenters. The smallest absolute Gasteiger partial charge is 0.193 e. The Morgan fingerprint density at radius 3 is 1.33 bits per heavy atom. The third kappa shape index (κ3) is 7.28. The van der Waals surface area contributed by atoms with Crippen LogP contribution >= 0.6 is 0 Å². The van der Waals surface area contributed by atoms with Crippen LogP contribution in [0.1, 0.15) is 70.7 Å². The number of carbonyl (C=O) groups excluding carboxylic acids is 2. The molecule has 0 aromatic heterocycles. The van der Waals surface area contributed by atoms with Crippen molar-refractivity contribution in [2.24, 2.45) is 0 Å². The fraction of sp³-hybridized carbons (Fsp3) is 0.462. The zero-order valence-electron chi connectivity index (χ0n) is 20.2. The van der Waals surface area contributed by atoms with Crippen LogP contribution in [-0.2, 0) is 40.6 Å². The van der Waals surface area contributed by atoms with Crippen molar-refractivity contribution in [2.75, 3.05) is 14.2 Å². The Kier molecular flexibility index (Phi) is 9.05. The van der Waals surface area contributed by atoms with Crippen molar-refractivity contribution in [3.8, 4) is 0 Å². The number of hydrogen-bond acceptors (Lipinski definition) is 7. The number of aliphatic hydroxyl groups is 2. The molecule has 0 unspecified atom stereocenters. The number of rotatable bonds is 12. The Balaban J connectivity index is 2.18. The van der Waals surface area contributed by atoms with E-state index in [0.29, 0.717) is 24.3 Å². The van der Waals surface area contributed by atoms with Gasteiger partial charge in [0.05, 0.1) is 26.4 Å². The molecule has 2 N–H and O–H groups in total. The van der Waals surface area contributed by atoms with Crippen LogP contribution in [0.5, 0.6) is 0 Å². The summed E-state index contributed by atoms with van der Waals surface area (Å²) < 4.78 is 16.5. The van der Waals surface area contributed by atoms with Crippen LogP contribution in [0.15, 0.2) is 36.4 Å². The zero-order chi connectivity index (χ0) is 24.8. The lowest BCUT2D eigenvalue weighted by atomic mass is 9.94. The van der Waals surface area contributed by atoms with Crippen LogP contribution in [0, 0.1) is 0 Å². The topological polar surface area (TPSA) is 102 Å². The summed E-state index contributed by atoms with van der Waals surface area (Å²) in [5.41, 5.74) is 1.24. The predicted molar refractivity (Wildman–Crippen MR) is 124 cm³/mol. The molecule has 33 heavy (non-hydrogen) atoms. The van der Waals surface area contributed by atoms with Gasteiger partial charge in [0.2, 0.25) is 0 Å². The van der Waals surface area contributed by atoms with Crippen molar-refractivity contribution in [1.29, 1.82) is 0 Å². The lowest BCUT2D eigenvalue weighted by molar-refractivity contribution is 0.0487. The standard InChI is InChI=1S/C26H34O7/c1-25(2,29)23(27)17-7-9-19(21(11-17)13-31-5)15-33-16-20-10-8-18(12-22(20)14-32-6)24(28)26(3,4)30/h7-12,29-30H,13-16H2,1-6H3. The summed E-state index contributed by atoms with van der Waals surface area (Å²) in [6.07, 6.45) is 0. The van der Waals surface area contributed by atoms with Gasteiger partial charge in [-0.1, -0.05) is 24.3 Å². The van der Waals surface area contributed by atoms with E-state index in [1.54, 1.807) is 50.6 Å². The van der Waals surface area contributed by atoms with E-state index in [4.69, 9.17) is 14.2 Å². The molecule has 180 valence electrons. The van der Waals surface area contributed by atoms with E-state index in [-0.39, 0.29) is 24.8 Å². The largest absolute Gasteiger partial charge is 0.382 e. The molecule has 0 aliphatic heterocycles. The van der Waals surface area contributed by atoms with E-state index >= 15 is 0 Å². The first-order chi connectivity index (χ1) is 15.4. The SMILES string of the molecule is COCc1cc(C(=O)C(C)(C)O)ccc1COCc1ccc(C(=O)C(C)(C)O)cc1COC. The van der Waals surface area contributed by atoms with E-state index < -0.39 is 11.2 Å². The number of hydrogen-bond donors (Lipinski definition) is 2. The summed E-state index contributed by atoms with van der Waals surface area (Å²) in [6.45, 7) is 7.00. The van der Waals surface area contributed by atoms with Gasteiger partial charge >= 0.3 is 0 Å². The van der Waals surface area contributed by atoms with Gasteiger partial charge in [-0.15, -0.1) is 0 Å². The van der Waals surface area contributed by atoms with Crippen LogP contribution in [0.4, 0.5) is 0 Å². The summed E-state index contributed by atoms with van der Waals surface area (Å²) in [5, 5.41) is 20.0. The summed E-state index contributed by atoms with van der Waals surface area (Å²) in [6, 6.07) is 10.4. The Morgan fingerprint density at radius 2 is 1.03 bits per heavy atom. The number of Topliss-reactive ketones (excluding diaryl/α,β-unsaturated/α-hetero) is 2. The highest BCUT2D eigenvalue weighted by atomic mass is 16.5. The van der Waals surface area contributed by atoms with Gasteiger partial charge < -0.3 is 24.4 Å².